The van der Waals surface area contributed by atoms with Crippen molar-refractivity contribution in [2.75, 3.05) is 0 Å². The van der Waals surface area contributed by atoms with Crippen LogP contribution < -0.4 is 10.5 Å². The Labute approximate surface area is 131 Å². The fourth-order valence-corrected chi connectivity index (χ4v) is 2.67. The average molecular weight is 343 g/mol. The third-order valence-corrected chi connectivity index (χ3v) is 3.88. The molecular formula is C17H15BrN2O. The Morgan fingerprint density at radius 2 is 1.90 bits per heavy atom. The quantitative estimate of drug-likeness (QED) is 0.778. The van der Waals surface area contributed by atoms with Gasteiger partial charge in [0.25, 0.3) is 0 Å². The van der Waals surface area contributed by atoms with Gasteiger partial charge < -0.3 is 10.5 Å². The lowest BCUT2D eigenvalue weighted by Gasteiger charge is -2.09. The Balaban J connectivity index is 1.77. The van der Waals surface area contributed by atoms with Gasteiger partial charge in [0.05, 0.1) is 15.7 Å². The largest absolute Gasteiger partial charge is 0.486 e. The third-order valence-electron chi connectivity index (χ3n) is 3.26. The molecule has 1 aromatic heterocycles. The second-order valence-electron chi connectivity index (χ2n) is 4.75. The molecule has 0 aliphatic carbocycles. The summed E-state index contributed by atoms with van der Waals surface area (Å²) in [4.78, 5) is 4.59. The molecule has 0 saturated carbocycles. The van der Waals surface area contributed by atoms with Gasteiger partial charge in [0.15, 0.2) is 0 Å². The SMILES string of the molecule is NCc1ccc(OCc2ccc3ccccc3n2)c(Br)c1. The van der Waals surface area contributed by atoms with E-state index in [1.807, 2.05) is 42.5 Å². The van der Waals surface area contributed by atoms with E-state index in [1.165, 1.54) is 0 Å². The van der Waals surface area contributed by atoms with Crippen LogP contribution in [-0.2, 0) is 13.2 Å². The number of nitrogens with two attached hydrogens (primary N) is 1. The van der Waals surface area contributed by atoms with E-state index in [-0.39, 0.29) is 0 Å². The van der Waals surface area contributed by atoms with Crippen LogP contribution in [0.4, 0.5) is 0 Å². The summed E-state index contributed by atoms with van der Waals surface area (Å²) >= 11 is 3.50. The van der Waals surface area contributed by atoms with Crippen LogP contribution in [0.15, 0.2) is 59.1 Å². The first-order valence-electron chi connectivity index (χ1n) is 6.72. The van der Waals surface area contributed by atoms with E-state index in [2.05, 4.69) is 33.0 Å². The molecule has 3 rings (SSSR count). The minimum absolute atomic E-state index is 0.436. The zero-order valence-electron chi connectivity index (χ0n) is 11.4. The molecule has 0 unspecified atom stereocenters. The van der Waals surface area contributed by atoms with Crippen LogP contribution in [0, 0.1) is 0 Å². The molecule has 0 aliphatic heterocycles. The number of nitrogens with zero attached hydrogens (tertiary/aromatic N) is 1. The molecule has 0 radical (unpaired) electrons. The molecule has 0 atom stereocenters. The van der Waals surface area contributed by atoms with Crippen molar-refractivity contribution in [2.24, 2.45) is 5.73 Å². The van der Waals surface area contributed by atoms with Crippen molar-refractivity contribution in [1.82, 2.24) is 4.98 Å². The van der Waals surface area contributed by atoms with Crippen LogP contribution in [0.1, 0.15) is 11.3 Å². The second-order valence-corrected chi connectivity index (χ2v) is 5.61. The number of rotatable bonds is 4. The maximum atomic E-state index is 5.82. The summed E-state index contributed by atoms with van der Waals surface area (Å²) in [5.74, 6) is 0.794. The van der Waals surface area contributed by atoms with Gasteiger partial charge in [-0.05, 0) is 45.8 Å². The van der Waals surface area contributed by atoms with Crippen molar-refractivity contribution in [1.29, 1.82) is 0 Å². The van der Waals surface area contributed by atoms with E-state index in [4.69, 9.17) is 10.5 Å². The standard InChI is InChI=1S/C17H15BrN2O/c18-15-9-12(10-19)5-8-17(15)21-11-14-7-6-13-3-1-2-4-16(13)20-14/h1-9H,10-11,19H2. The summed E-state index contributed by atoms with van der Waals surface area (Å²) in [5.41, 5.74) is 8.57. The predicted molar refractivity (Wildman–Crippen MR) is 88.1 cm³/mol. The van der Waals surface area contributed by atoms with E-state index < -0.39 is 0 Å². The lowest BCUT2D eigenvalue weighted by Crippen LogP contribution is -2.00. The van der Waals surface area contributed by atoms with Crippen molar-refractivity contribution < 1.29 is 4.74 Å². The van der Waals surface area contributed by atoms with Gasteiger partial charge in [0.1, 0.15) is 12.4 Å². The molecule has 0 spiro atoms. The molecule has 3 aromatic rings. The van der Waals surface area contributed by atoms with Crippen LogP contribution in [0.3, 0.4) is 0 Å². The number of benzene rings is 2. The van der Waals surface area contributed by atoms with Gasteiger partial charge in [-0.1, -0.05) is 30.3 Å². The predicted octanol–water partition coefficient (Wildman–Crippen LogP) is 4.04. The average Bonchev–Trinajstić information content (AvgIpc) is 2.53. The zero-order valence-corrected chi connectivity index (χ0v) is 13.0. The van der Waals surface area contributed by atoms with Gasteiger partial charge in [0.2, 0.25) is 0 Å². The number of pyridine rings is 1. The van der Waals surface area contributed by atoms with Crippen LogP contribution in [-0.4, -0.2) is 4.98 Å². The summed E-state index contributed by atoms with van der Waals surface area (Å²) in [5, 5.41) is 1.13. The molecule has 0 saturated heterocycles. The Morgan fingerprint density at radius 1 is 1.05 bits per heavy atom. The highest BCUT2D eigenvalue weighted by Crippen LogP contribution is 2.26. The summed E-state index contributed by atoms with van der Waals surface area (Å²) in [6, 6.07) is 18.0. The Hall–Kier alpha value is -1.91. The lowest BCUT2D eigenvalue weighted by molar-refractivity contribution is 0.300. The van der Waals surface area contributed by atoms with E-state index in [0.717, 1.165) is 32.4 Å². The highest BCUT2D eigenvalue weighted by atomic mass is 79.9. The number of ether oxygens (including phenoxy) is 1. The molecule has 106 valence electrons. The molecular weight excluding hydrogens is 328 g/mol. The van der Waals surface area contributed by atoms with Crippen molar-refractivity contribution in [3.8, 4) is 5.75 Å². The minimum atomic E-state index is 0.436. The van der Waals surface area contributed by atoms with Gasteiger partial charge in [-0.2, -0.15) is 0 Å². The van der Waals surface area contributed by atoms with Gasteiger partial charge in [0, 0.05) is 11.9 Å². The summed E-state index contributed by atoms with van der Waals surface area (Å²) in [7, 11) is 0. The topological polar surface area (TPSA) is 48.1 Å². The number of hydrogen-bond donors (Lipinski definition) is 1. The maximum Gasteiger partial charge on any atom is 0.134 e. The summed E-state index contributed by atoms with van der Waals surface area (Å²) in [6.45, 7) is 0.955. The molecule has 2 aromatic carbocycles. The molecule has 0 amide bonds. The monoisotopic (exact) mass is 342 g/mol. The fourth-order valence-electron chi connectivity index (χ4n) is 2.13. The Bertz CT molecular complexity index is 774. The number of fused-ring (bicyclic) bond motifs is 1. The van der Waals surface area contributed by atoms with Crippen molar-refractivity contribution in [2.45, 2.75) is 13.2 Å². The van der Waals surface area contributed by atoms with Crippen molar-refractivity contribution in [3.63, 3.8) is 0 Å². The van der Waals surface area contributed by atoms with Gasteiger partial charge in [-0.15, -0.1) is 0 Å². The first-order chi connectivity index (χ1) is 10.3. The summed E-state index contributed by atoms with van der Waals surface area (Å²) in [6.07, 6.45) is 0. The first-order valence-corrected chi connectivity index (χ1v) is 7.51. The first kappa shape index (κ1) is 14.0. The van der Waals surface area contributed by atoms with Gasteiger partial charge in [-0.25, -0.2) is 4.98 Å². The zero-order chi connectivity index (χ0) is 14.7. The third kappa shape index (κ3) is 3.23. The second kappa shape index (κ2) is 6.24. The molecule has 1 heterocycles. The number of para-hydroxylation sites is 1. The van der Waals surface area contributed by atoms with Crippen LogP contribution in [0.2, 0.25) is 0 Å². The van der Waals surface area contributed by atoms with Crippen molar-refractivity contribution >= 4 is 26.8 Å². The molecule has 4 heteroatoms. The number of hydrogen-bond acceptors (Lipinski definition) is 3. The van der Waals surface area contributed by atoms with Crippen LogP contribution in [0.25, 0.3) is 10.9 Å². The summed E-state index contributed by atoms with van der Waals surface area (Å²) < 4.78 is 6.73. The van der Waals surface area contributed by atoms with E-state index >= 15 is 0 Å². The van der Waals surface area contributed by atoms with E-state index in [1.54, 1.807) is 0 Å². The molecule has 21 heavy (non-hydrogen) atoms. The Kier molecular flexibility index (Phi) is 4.18. The number of aromatic nitrogens is 1. The highest BCUT2D eigenvalue weighted by Gasteiger charge is 2.04. The molecule has 0 bridgehead atoms. The number of halogens is 1. The van der Waals surface area contributed by atoms with Crippen LogP contribution >= 0.6 is 15.9 Å². The molecule has 0 fully saturated rings. The molecule has 2 N–H and O–H groups in total. The normalized spacial score (nSPS) is 10.8. The van der Waals surface area contributed by atoms with Gasteiger partial charge >= 0.3 is 0 Å². The minimum Gasteiger partial charge on any atom is -0.486 e. The molecule has 3 nitrogen and oxygen atoms in total. The van der Waals surface area contributed by atoms with Crippen molar-refractivity contribution in [3.05, 3.63) is 70.3 Å². The lowest BCUT2D eigenvalue weighted by atomic mass is 10.2. The van der Waals surface area contributed by atoms with Crippen LogP contribution in [0.5, 0.6) is 5.75 Å². The van der Waals surface area contributed by atoms with Gasteiger partial charge in [-0.3, -0.25) is 0 Å². The Morgan fingerprint density at radius 3 is 2.71 bits per heavy atom. The smallest absolute Gasteiger partial charge is 0.134 e. The molecule has 0 aliphatic rings. The fraction of sp³-hybridized carbons (Fsp3) is 0.118. The maximum absolute atomic E-state index is 5.82. The van der Waals surface area contributed by atoms with E-state index in [9.17, 15) is 0 Å². The highest BCUT2D eigenvalue weighted by molar-refractivity contribution is 9.10. The van der Waals surface area contributed by atoms with E-state index in [0.29, 0.717) is 13.2 Å².